The Labute approximate surface area is 191 Å². The lowest BCUT2D eigenvalue weighted by molar-refractivity contribution is -0.143. The Kier molecular flexibility index (Phi) is 6.66. The van der Waals surface area contributed by atoms with E-state index in [1.54, 1.807) is 24.1 Å². The number of aryl methyl sites for hydroxylation is 2. The molecule has 2 N–H and O–H groups in total. The van der Waals surface area contributed by atoms with E-state index in [1.165, 1.54) is 0 Å². The van der Waals surface area contributed by atoms with Crippen molar-refractivity contribution in [1.29, 1.82) is 0 Å². The van der Waals surface area contributed by atoms with Crippen LogP contribution in [0.15, 0.2) is 24.4 Å². The van der Waals surface area contributed by atoms with E-state index in [1.807, 2.05) is 26.1 Å². The minimum Gasteiger partial charge on any atom is -0.489 e. The van der Waals surface area contributed by atoms with E-state index in [-0.39, 0.29) is 12.0 Å². The van der Waals surface area contributed by atoms with E-state index in [0.717, 1.165) is 18.5 Å². The average Bonchev–Trinajstić information content (AvgIpc) is 3.19. The summed E-state index contributed by atoms with van der Waals surface area (Å²) in [7, 11) is 3.36. The molecule has 174 valence electrons. The number of aliphatic carboxylic acids is 1. The number of carbonyl (C=O) groups is 1. The van der Waals surface area contributed by atoms with Crippen LogP contribution in [0.25, 0.3) is 11.4 Å². The zero-order valence-electron chi connectivity index (χ0n) is 18.9. The summed E-state index contributed by atoms with van der Waals surface area (Å²) in [6.07, 6.45) is 4.41. The van der Waals surface area contributed by atoms with Gasteiger partial charge < -0.3 is 19.9 Å². The molecule has 11 nitrogen and oxygen atoms in total. The Balaban J connectivity index is 1.48. The van der Waals surface area contributed by atoms with Crippen LogP contribution < -0.4 is 14.8 Å². The van der Waals surface area contributed by atoms with Crippen molar-refractivity contribution in [3.63, 3.8) is 0 Å². The highest BCUT2D eigenvalue weighted by Crippen LogP contribution is 2.30. The Hall–Kier alpha value is -3.76. The molecule has 0 spiro atoms. The van der Waals surface area contributed by atoms with Gasteiger partial charge in [0, 0.05) is 19.3 Å². The number of nitrogens with one attached hydrogen (secondary N) is 1. The summed E-state index contributed by atoms with van der Waals surface area (Å²) < 4.78 is 12.9. The SMILES string of the molecule is COc1ccnc(NCc2c(-c3ccc(O[C@H]4CCC[C@H](C(=O)O)C4)c(C)n3)nnn2C)n1. The number of rotatable bonds is 8. The van der Waals surface area contributed by atoms with Crippen LogP contribution in [-0.4, -0.2) is 54.2 Å². The van der Waals surface area contributed by atoms with E-state index in [0.29, 0.717) is 54.0 Å². The highest BCUT2D eigenvalue weighted by atomic mass is 16.5. The number of hydrogen-bond donors (Lipinski definition) is 2. The van der Waals surface area contributed by atoms with Gasteiger partial charge in [-0.3, -0.25) is 4.79 Å². The fourth-order valence-electron chi connectivity index (χ4n) is 3.94. The van der Waals surface area contributed by atoms with Gasteiger partial charge >= 0.3 is 5.97 Å². The van der Waals surface area contributed by atoms with E-state index < -0.39 is 5.97 Å². The lowest BCUT2D eigenvalue weighted by Gasteiger charge is -2.27. The molecule has 0 amide bonds. The van der Waals surface area contributed by atoms with Gasteiger partial charge in [-0.05, 0) is 44.7 Å². The van der Waals surface area contributed by atoms with Gasteiger partial charge in [-0.2, -0.15) is 4.98 Å². The third-order valence-electron chi connectivity index (χ3n) is 5.74. The van der Waals surface area contributed by atoms with Crippen molar-refractivity contribution in [2.75, 3.05) is 12.4 Å². The zero-order valence-corrected chi connectivity index (χ0v) is 18.9. The van der Waals surface area contributed by atoms with Gasteiger partial charge in [0.05, 0.1) is 42.8 Å². The monoisotopic (exact) mass is 453 g/mol. The first-order valence-corrected chi connectivity index (χ1v) is 10.8. The number of hydrogen-bond acceptors (Lipinski definition) is 9. The molecule has 3 aromatic heterocycles. The first-order chi connectivity index (χ1) is 15.9. The topological polar surface area (TPSA) is 137 Å². The number of methoxy groups -OCH3 is 1. The molecule has 11 heteroatoms. The molecule has 3 heterocycles. The van der Waals surface area contributed by atoms with Crippen molar-refractivity contribution >= 4 is 11.9 Å². The second-order valence-electron chi connectivity index (χ2n) is 8.01. The predicted molar refractivity (Wildman–Crippen MR) is 119 cm³/mol. The highest BCUT2D eigenvalue weighted by Gasteiger charge is 2.28. The second kappa shape index (κ2) is 9.80. The molecule has 4 rings (SSSR count). The van der Waals surface area contributed by atoms with Crippen molar-refractivity contribution in [2.24, 2.45) is 13.0 Å². The molecule has 0 aromatic carbocycles. The number of aromatic nitrogens is 6. The van der Waals surface area contributed by atoms with E-state index in [4.69, 9.17) is 9.47 Å². The maximum atomic E-state index is 11.3. The van der Waals surface area contributed by atoms with Gasteiger partial charge in [-0.15, -0.1) is 5.10 Å². The molecule has 1 aliphatic rings. The van der Waals surface area contributed by atoms with Crippen molar-refractivity contribution in [2.45, 2.75) is 45.3 Å². The van der Waals surface area contributed by atoms with Gasteiger partial charge in [0.15, 0.2) is 0 Å². The normalized spacial score (nSPS) is 18.0. The Bertz CT molecular complexity index is 1130. The largest absolute Gasteiger partial charge is 0.489 e. The highest BCUT2D eigenvalue weighted by molar-refractivity contribution is 5.70. The Morgan fingerprint density at radius 1 is 1.27 bits per heavy atom. The molecule has 1 fully saturated rings. The average molecular weight is 454 g/mol. The fraction of sp³-hybridized carbons (Fsp3) is 0.455. The van der Waals surface area contributed by atoms with Crippen LogP contribution in [0.5, 0.6) is 11.6 Å². The predicted octanol–water partition coefficient (Wildman–Crippen LogP) is 2.62. The summed E-state index contributed by atoms with van der Waals surface area (Å²) in [5.41, 5.74) is 2.85. The lowest BCUT2D eigenvalue weighted by Crippen LogP contribution is -2.29. The molecule has 2 atom stereocenters. The van der Waals surface area contributed by atoms with Gasteiger partial charge in [-0.25, -0.2) is 14.6 Å². The molecule has 0 saturated heterocycles. The maximum Gasteiger partial charge on any atom is 0.306 e. The van der Waals surface area contributed by atoms with Crippen LogP contribution in [0.4, 0.5) is 5.95 Å². The summed E-state index contributed by atoms with van der Waals surface area (Å²) in [5.74, 6) is 0.456. The molecule has 33 heavy (non-hydrogen) atoms. The van der Waals surface area contributed by atoms with Gasteiger partial charge in [0.25, 0.3) is 0 Å². The number of carboxylic acid groups (broad SMARTS) is 1. The van der Waals surface area contributed by atoms with E-state index in [9.17, 15) is 9.90 Å². The molecule has 0 aliphatic heterocycles. The van der Waals surface area contributed by atoms with Crippen molar-refractivity contribution < 1.29 is 19.4 Å². The lowest BCUT2D eigenvalue weighted by atomic mass is 9.87. The third-order valence-corrected chi connectivity index (χ3v) is 5.74. The standard InChI is InChI=1S/C22H27N7O4/c1-13-18(33-15-6-4-5-14(11-15)21(30)31)8-7-16(25-13)20-17(29(2)28-27-20)12-24-22-23-10-9-19(26-22)32-3/h7-10,14-15H,4-6,11-12H2,1-3H3,(H,30,31)(H,23,24,26)/t14-,15-/m0/s1. The van der Waals surface area contributed by atoms with Crippen LogP contribution in [0.3, 0.4) is 0 Å². The van der Waals surface area contributed by atoms with Gasteiger partial charge in [-0.1, -0.05) is 5.21 Å². The Morgan fingerprint density at radius 2 is 2.12 bits per heavy atom. The summed E-state index contributed by atoms with van der Waals surface area (Å²) in [4.78, 5) is 24.5. The molecule has 1 aliphatic carbocycles. The molecule has 0 bridgehead atoms. The summed E-state index contributed by atoms with van der Waals surface area (Å²) >= 11 is 0. The molecular weight excluding hydrogens is 426 g/mol. The minimum absolute atomic E-state index is 0.120. The van der Waals surface area contributed by atoms with Crippen molar-refractivity contribution in [3.05, 3.63) is 35.8 Å². The number of ether oxygens (including phenoxy) is 2. The molecular formula is C22H27N7O4. The first-order valence-electron chi connectivity index (χ1n) is 10.8. The fourth-order valence-corrected chi connectivity index (χ4v) is 3.94. The molecule has 0 unspecified atom stereocenters. The molecule has 0 radical (unpaired) electrons. The van der Waals surface area contributed by atoms with Gasteiger partial charge in [0.1, 0.15) is 11.4 Å². The number of anilines is 1. The van der Waals surface area contributed by atoms with Crippen molar-refractivity contribution in [1.82, 2.24) is 29.9 Å². The van der Waals surface area contributed by atoms with Crippen molar-refractivity contribution in [3.8, 4) is 23.0 Å². The Morgan fingerprint density at radius 3 is 2.88 bits per heavy atom. The molecule has 1 saturated carbocycles. The number of carboxylic acids is 1. The van der Waals surface area contributed by atoms with Crippen LogP contribution >= 0.6 is 0 Å². The smallest absolute Gasteiger partial charge is 0.306 e. The minimum atomic E-state index is -0.753. The van der Waals surface area contributed by atoms with E-state index >= 15 is 0 Å². The van der Waals surface area contributed by atoms with Crippen LogP contribution in [0.2, 0.25) is 0 Å². The van der Waals surface area contributed by atoms with E-state index in [2.05, 4.69) is 30.6 Å². The quantitative estimate of drug-likeness (QED) is 0.523. The number of nitrogens with zero attached hydrogens (tertiary/aromatic N) is 6. The van der Waals surface area contributed by atoms with Gasteiger partial charge in [0.2, 0.25) is 11.8 Å². The van der Waals surface area contributed by atoms with Crippen LogP contribution in [-0.2, 0) is 18.4 Å². The number of pyridine rings is 1. The third kappa shape index (κ3) is 5.18. The van der Waals surface area contributed by atoms with Crippen LogP contribution in [0.1, 0.15) is 37.1 Å². The second-order valence-corrected chi connectivity index (χ2v) is 8.01. The summed E-state index contributed by atoms with van der Waals surface area (Å²) in [6, 6.07) is 5.38. The molecule has 3 aromatic rings. The summed E-state index contributed by atoms with van der Waals surface area (Å²) in [6.45, 7) is 2.26. The van der Waals surface area contributed by atoms with Crippen LogP contribution in [0, 0.1) is 12.8 Å². The maximum absolute atomic E-state index is 11.3. The summed E-state index contributed by atoms with van der Waals surface area (Å²) in [5, 5.41) is 20.9. The first kappa shape index (κ1) is 22.4. The zero-order chi connectivity index (χ0) is 23.4.